The molecule has 0 aliphatic heterocycles. The second kappa shape index (κ2) is 4.25. The van der Waals surface area contributed by atoms with Crippen molar-refractivity contribution in [3.63, 3.8) is 0 Å². The average molecular weight is 224 g/mol. The number of benzene rings is 1. The molecule has 2 nitrogen and oxygen atoms in total. The molecule has 1 N–H and O–H groups in total. The molecule has 0 bridgehead atoms. The van der Waals surface area contributed by atoms with Gasteiger partial charge in [-0.1, -0.05) is 11.6 Å². The van der Waals surface area contributed by atoms with Crippen molar-refractivity contribution >= 4 is 22.5 Å². The molecule has 0 atom stereocenters. The Balaban J connectivity index is 2.64. The third-order valence-electron chi connectivity index (χ3n) is 2.65. The summed E-state index contributed by atoms with van der Waals surface area (Å²) in [5, 5.41) is 10.9. The van der Waals surface area contributed by atoms with Crippen LogP contribution in [-0.2, 0) is 13.0 Å². The number of halogens is 1. The molecule has 0 saturated heterocycles. The first-order valence-corrected chi connectivity index (χ1v) is 5.52. The second-order valence-corrected chi connectivity index (χ2v) is 4.01. The lowest BCUT2D eigenvalue weighted by atomic mass is 10.1. The van der Waals surface area contributed by atoms with Crippen LogP contribution >= 0.6 is 11.6 Å². The Labute approximate surface area is 94.1 Å². The zero-order chi connectivity index (χ0) is 10.8. The largest absolute Gasteiger partial charge is 0.396 e. The molecular formula is C12H14ClNO. The lowest BCUT2D eigenvalue weighted by Gasteiger charge is -1.99. The van der Waals surface area contributed by atoms with Crippen LogP contribution in [-0.4, -0.2) is 16.3 Å². The van der Waals surface area contributed by atoms with Crippen LogP contribution in [0.15, 0.2) is 24.4 Å². The molecule has 15 heavy (non-hydrogen) atoms. The maximum Gasteiger partial charge on any atom is 0.0484 e. The van der Waals surface area contributed by atoms with Gasteiger partial charge in [0.2, 0.25) is 0 Å². The monoisotopic (exact) mass is 223 g/mol. The Kier molecular flexibility index (Phi) is 2.98. The van der Waals surface area contributed by atoms with Crippen molar-refractivity contribution in [3.8, 4) is 0 Å². The van der Waals surface area contributed by atoms with Crippen LogP contribution in [0.2, 0.25) is 5.02 Å². The summed E-state index contributed by atoms with van der Waals surface area (Å²) in [6.45, 7) is 3.22. The van der Waals surface area contributed by atoms with Gasteiger partial charge in [-0.05, 0) is 37.1 Å². The smallest absolute Gasteiger partial charge is 0.0484 e. The van der Waals surface area contributed by atoms with Crippen molar-refractivity contribution in [1.29, 1.82) is 0 Å². The summed E-state index contributed by atoms with van der Waals surface area (Å²) in [5.74, 6) is 0. The second-order valence-electron chi connectivity index (χ2n) is 3.58. The molecule has 2 rings (SSSR count). The number of aliphatic hydroxyl groups excluding tert-OH is 1. The molecule has 0 spiro atoms. The van der Waals surface area contributed by atoms with Crippen LogP contribution in [0.3, 0.4) is 0 Å². The standard InChI is InChI=1S/C12H14ClNO/c1-2-14-8-9(5-6-15)11-7-10(13)3-4-12(11)14/h3-4,7-8,15H,2,5-6H2,1H3. The summed E-state index contributed by atoms with van der Waals surface area (Å²) in [4.78, 5) is 0. The van der Waals surface area contributed by atoms with E-state index < -0.39 is 0 Å². The molecule has 0 unspecified atom stereocenters. The topological polar surface area (TPSA) is 25.2 Å². The van der Waals surface area contributed by atoms with Crippen LogP contribution in [0.1, 0.15) is 12.5 Å². The minimum Gasteiger partial charge on any atom is -0.396 e. The maximum atomic E-state index is 8.99. The summed E-state index contributed by atoms with van der Waals surface area (Å²) in [7, 11) is 0. The van der Waals surface area contributed by atoms with Crippen molar-refractivity contribution in [3.05, 3.63) is 35.0 Å². The minimum absolute atomic E-state index is 0.176. The predicted molar refractivity (Wildman–Crippen MR) is 63.4 cm³/mol. The molecule has 0 amide bonds. The molecule has 1 aromatic carbocycles. The minimum atomic E-state index is 0.176. The van der Waals surface area contributed by atoms with E-state index in [0.29, 0.717) is 6.42 Å². The fraction of sp³-hybridized carbons (Fsp3) is 0.333. The Bertz CT molecular complexity index is 476. The summed E-state index contributed by atoms with van der Waals surface area (Å²) in [6, 6.07) is 5.90. The molecule has 1 aromatic heterocycles. The van der Waals surface area contributed by atoms with Gasteiger partial charge in [0.15, 0.2) is 0 Å². The van der Waals surface area contributed by atoms with E-state index >= 15 is 0 Å². The van der Waals surface area contributed by atoms with E-state index in [0.717, 1.165) is 22.5 Å². The van der Waals surface area contributed by atoms with Gasteiger partial charge in [0, 0.05) is 35.3 Å². The fourth-order valence-corrected chi connectivity index (χ4v) is 2.10. The summed E-state index contributed by atoms with van der Waals surface area (Å²) in [5.41, 5.74) is 2.35. The molecule has 0 saturated carbocycles. The third kappa shape index (κ3) is 1.87. The summed E-state index contributed by atoms with van der Waals surface area (Å²) >= 11 is 5.97. The number of hydrogen-bond donors (Lipinski definition) is 1. The first-order valence-electron chi connectivity index (χ1n) is 5.14. The zero-order valence-electron chi connectivity index (χ0n) is 8.70. The van der Waals surface area contributed by atoms with Crippen LogP contribution in [0.5, 0.6) is 0 Å². The predicted octanol–water partition coefficient (Wildman–Crippen LogP) is 2.85. The summed E-state index contributed by atoms with van der Waals surface area (Å²) < 4.78 is 2.18. The van der Waals surface area contributed by atoms with Crippen molar-refractivity contribution in [2.75, 3.05) is 6.61 Å². The molecule has 0 radical (unpaired) electrons. The molecule has 2 aromatic rings. The number of hydrogen-bond acceptors (Lipinski definition) is 1. The van der Waals surface area contributed by atoms with Gasteiger partial charge < -0.3 is 9.67 Å². The normalized spacial score (nSPS) is 11.1. The van der Waals surface area contributed by atoms with Gasteiger partial charge in [-0.15, -0.1) is 0 Å². The highest BCUT2D eigenvalue weighted by atomic mass is 35.5. The maximum absolute atomic E-state index is 8.99. The van der Waals surface area contributed by atoms with E-state index in [4.69, 9.17) is 16.7 Å². The molecule has 0 aliphatic carbocycles. The number of aryl methyl sites for hydroxylation is 1. The van der Waals surface area contributed by atoms with Crippen LogP contribution in [0, 0.1) is 0 Å². The Morgan fingerprint density at radius 3 is 2.87 bits per heavy atom. The average Bonchev–Trinajstić information content (AvgIpc) is 2.57. The number of aliphatic hydroxyl groups is 1. The van der Waals surface area contributed by atoms with Gasteiger partial charge in [-0.25, -0.2) is 0 Å². The van der Waals surface area contributed by atoms with Crippen molar-refractivity contribution in [2.24, 2.45) is 0 Å². The van der Waals surface area contributed by atoms with Crippen molar-refractivity contribution < 1.29 is 5.11 Å². The number of fused-ring (bicyclic) bond motifs is 1. The van der Waals surface area contributed by atoms with Gasteiger partial charge in [-0.2, -0.15) is 0 Å². The Morgan fingerprint density at radius 1 is 1.40 bits per heavy atom. The first kappa shape index (κ1) is 10.5. The lowest BCUT2D eigenvalue weighted by molar-refractivity contribution is 0.300. The molecular weight excluding hydrogens is 210 g/mol. The van der Waals surface area contributed by atoms with E-state index in [1.165, 1.54) is 5.52 Å². The number of nitrogens with zero attached hydrogens (tertiary/aromatic N) is 1. The Morgan fingerprint density at radius 2 is 2.20 bits per heavy atom. The number of rotatable bonds is 3. The van der Waals surface area contributed by atoms with E-state index in [-0.39, 0.29) is 6.61 Å². The first-order chi connectivity index (χ1) is 7.26. The van der Waals surface area contributed by atoms with E-state index in [1.54, 1.807) is 0 Å². The van der Waals surface area contributed by atoms with E-state index in [1.807, 2.05) is 18.2 Å². The SMILES string of the molecule is CCn1cc(CCO)c2cc(Cl)ccc21. The van der Waals surface area contributed by atoms with Crippen LogP contribution < -0.4 is 0 Å². The quantitative estimate of drug-likeness (QED) is 0.851. The number of aromatic nitrogens is 1. The van der Waals surface area contributed by atoms with E-state index in [9.17, 15) is 0 Å². The van der Waals surface area contributed by atoms with Crippen LogP contribution in [0.25, 0.3) is 10.9 Å². The van der Waals surface area contributed by atoms with Gasteiger partial charge >= 0.3 is 0 Å². The van der Waals surface area contributed by atoms with E-state index in [2.05, 4.69) is 17.7 Å². The molecule has 1 heterocycles. The zero-order valence-corrected chi connectivity index (χ0v) is 9.46. The lowest BCUT2D eigenvalue weighted by Crippen LogP contribution is -1.91. The van der Waals surface area contributed by atoms with Gasteiger partial charge in [0.05, 0.1) is 0 Å². The van der Waals surface area contributed by atoms with Crippen molar-refractivity contribution in [1.82, 2.24) is 4.57 Å². The molecule has 80 valence electrons. The third-order valence-corrected chi connectivity index (χ3v) is 2.88. The summed E-state index contributed by atoms with van der Waals surface area (Å²) in [6.07, 6.45) is 2.78. The van der Waals surface area contributed by atoms with Gasteiger partial charge in [0.25, 0.3) is 0 Å². The highest BCUT2D eigenvalue weighted by Crippen LogP contribution is 2.25. The Hall–Kier alpha value is -0.990. The molecule has 0 aliphatic rings. The highest BCUT2D eigenvalue weighted by Gasteiger charge is 2.07. The van der Waals surface area contributed by atoms with Gasteiger partial charge in [0.1, 0.15) is 0 Å². The van der Waals surface area contributed by atoms with Crippen LogP contribution in [0.4, 0.5) is 0 Å². The molecule has 0 fully saturated rings. The van der Waals surface area contributed by atoms with Gasteiger partial charge in [-0.3, -0.25) is 0 Å². The molecule has 3 heteroatoms. The highest BCUT2D eigenvalue weighted by molar-refractivity contribution is 6.31. The van der Waals surface area contributed by atoms with Crippen molar-refractivity contribution in [2.45, 2.75) is 19.9 Å². The fourth-order valence-electron chi connectivity index (χ4n) is 1.92.